The van der Waals surface area contributed by atoms with Crippen molar-refractivity contribution in [2.75, 3.05) is 26.2 Å². The highest BCUT2D eigenvalue weighted by atomic mass is 16.3. The SMILES string of the molecule is CCNC(=NCC(CC)(CC)CCO)NCCc1cccnc1. The number of nitrogens with zero attached hydrogens (tertiary/aromatic N) is 2. The van der Waals surface area contributed by atoms with Crippen LogP contribution >= 0.6 is 0 Å². The van der Waals surface area contributed by atoms with Crippen LogP contribution in [0.5, 0.6) is 0 Å². The first-order valence-corrected chi connectivity index (χ1v) is 8.71. The second-order valence-electron chi connectivity index (χ2n) is 5.91. The fraction of sp³-hybridized carbons (Fsp3) is 0.667. The van der Waals surface area contributed by atoms with Gasteiger partial charge in [0, 0.05) is 38.6 Å². The predicted octanol–water partition coefficient (Wildman–Crippen LogP) is 2.37. The zero-order chi connectivity index (χ0) is 17.0. The topological polar surface area (TPSA) is 69.5 Å². The summed E-state index contributed by atoms with van der Waals surface area (Å²) in [6, 6.07) is 4.04. The molecule has 1 aromatic heterocycles. The van der Waals surface area contributed by atoms with Crippen LogP contribution in [0.3, 0.4) is 0 Å². The van der Waals surface area contributed by atoms with Gasteiger partial charge >= 0.3 is 0 Å². The lowest BCUT2D eigenvalue weighted by molar-refractivity contribution is 0.175. The maximum atomic E-state index is 9.31. The molecule has 1 heterocycles. The Morgan fingerprint density at radius 1 is 1.26 bits per heavy atom. The molecule has 0 aliphatic carbocycles. The molecule has 0 aromatic carbocycles. The lowest BCUT2D eigenvalue weighted by atomic mass is 9.79. The number of hydrogen-bond acceptors (Lipinski definition) is 3. The summed E-state index contributed by atoms with van der Waals surface area (Å²) < 4.78 is 0. The van der Waals surface area contributed by atoms with Gasteiger partial charge in [-0.1, -0.05) is 19.9 Å². The van der Waals surface area contributed by atoms with E-state index in [0.29, 0.717) is 0 Å². The lowest BCUT2D eigenvalue weighted by Gasteiger charge is -2.29. The Labute approximate surface area is 140 Å². The third-order valence-corrected chi connectivity index (χ3v) is 4.49. The Morgan fingerprint density at radius 3 is 2.61 bits per heavy atom. The van der Waals surface area contributed by atoms with Crippen molar-refractivity contribution in [2.45, 2.75) is 46.5 Å². The number of nitrogens with one attached hydrogen (secondary N) is 2. The summed E-state index contributed by atoms with van der Waals surface area (Å²) in [5.41, 5.74) is 1.31. The van der Waals surface area contributed by atoms with Crippen molar-refractivity contribution in [1.82, 2.24) is 15.6 Å². The molecule has 0 atom stereocenters. The maximum absolute atomic E-state index is 9.31. The minimum atomic E-state index is 0.0977. The smallest absolute Gasteiger partial charge is 0.191 e. The van der Waals surface area contributed by atoms with Gasteiger partial charge in [0.1, 0.15) is 0 Å². The van der Waals surface area contributed by atoms with Gasteiger partial charge in [-0.3, -0.25) is 9.98 Å². The van der Waals surface area contributed by atoms with Gasteiger partial charge in [-0.25, -0.2) is 0 Å². The number of aliphatic hydroxyl groups is 1. The summed E-state index contributed by atoms with van der Waals surface area (Å²) in [7, 11) is 0. The molecule has 5 nitrogen and oxygen atoms in total. The Hall–Kier alpha value is -1.62. The van der Waals surface area contributed by atoms with Crippen molar-refractivity contribution in [2.24, 2.45) is 10.4 Å². The van der Waals surface area contributed by atoms with Crippen LogP contribution in [0.4, 0.5) is 0 Å². The van der Waals surface area contributed by atoms with Gasteiger partial charge < -0.3 is 15.7 Å². The fourth-order valence-electron chi connectivity index (χ4n) is 2.60. The monoisotopic (exact) mass is 320 g/mol. The van der Waals surface area contributed by atoms with Crippen molar-refractivity contribution in [3.05, 3.63) is 30.1 Å². The highest BCUT2D eigenvalue weighted by molar-refractivity contribution is 5.79. The Kier molecular flexibility index (Phi) is 9.29. The molecule has 0 fully saturated rings. The zero-order valence-corrected chi connectivity index (χ0v) is 14.8. The van der Waals surface area contributed by atoms with Crippen molar-refractivity contribution >= 4 is 5.96 Å². The average Bonchev–Trinajstić information content (AvgIpc) is 2.59. The number of hydrogen-bond donors (Lipinski definition) is 3. The van der Waals surface area contributed by atoms with E-state index in [2.05, 4.69) is 42.5 Å². The van der Waals surface area contributed by atoms with E-state index in [1.807, 2.05) is 12.3 Å². The van der Waals surface area contributed by atoms with Crippen LogP contribution in [0.15, 0.2) is 29.5 Å². The number of aromatic nitrogens is 1. The summed E-state index contributed by atoms with van der Waals surface area (Å²) in [6.45, 7) is 9.05. The third-order valence-electron chi connectivity index (χ3n) is 4.49. The van der Waals surface area contributed by atoms with Crippen LogP contribution in [0.25, 0.3) is 0 Å². The molecule has 5 heteroatoms. The Balaban J connectivity index is 2.58. The molecule has 0 aliphatic heterocycles. The summed E-state index contributed by atoms with van der Waals surface area (Å²) in [5, 5.41) is 16.0. The molecule has 3 N–H and O–H groups in total. The second-order valence-corrected chi connectivity index (χ2v) is 5.91. The van der Waals surface area contributed by atoms with Crippen LogP contribution < -0.4 is 10.6 Å². The molecule has 0 saturated carbocycles. The van der Waals surface area contributed by atoms with Crippen LogP contribution in [0.2, 0.25) is 0 Å². The van der Waals surface area contributed by atoms with Crippen LogP contribution in [0, 0.1) is 5.41 Å². The number of guanidine groups is 1. The highest BCUT2D eigenvalue weighted by Gasteiger charge is 2.25. The Bertz CT molecular complexity index is 444. The number of rotatable bonds is 10. The van der Waals surface area contributed by atoms with Gasteiger partial charge in [-0.15, -0.1) is 0 Å². The average molecular weight is 320 g/mol. The van der Waals surface area contributed by atoms with E-state index in [1.165, 1.54) is 5.56 Å². The molecule has 1 rings (SSSR count). The van der Waals surface area contributed by atoms with Gasteiger partial charge in [0.2, 0.25) is 0 Å². The van der Waals surface area contributed by atoms with Gasteiger partial charge in [0.05, 0.1) is 0 Å². The molecule has 1 aromatic rings. The standard InChI is InChI=1S/C18H32N4O/c1-4-18(5-2,10-13-23)15-22-17(20-6-3)21-12-9-16-8-7-11-19-14-16/h7-8,11,14,23H,4-6,9-10,12-13,15H2,1-3H3,(H2,20,21,22). The zero-order valence-electron chi connectivity index (χ0n) is 14.8. The largest absolute Gasteiger partial charge is 0.396 e. The lowest BCUT2D eigenvalue weighted by Crippen LogP contribution is -2.39. The molecule has 0 saturated heterocycles. The molecule has 0 spiro atoms. The fourth-order valence-corrected chi connectivity index (χ4v) is 2.60. The third kappa shape index (κ3) is 6.99. The van der Waals surface area contributed by atoms with Crippen LogP contribution in [0.1, 0.15) is 45.6 Å². The van der Waals surface area contributed by atoms with Crippen molar-refractivity contribution in [3.63, 3.8) is 0 Å². The number of aliphatic imine (C=N–C) groups is 1. The first-order valence-electron chi connectivity index (χ1n) is 8.71. The molecule has 0 unspecified atom stereocenters. The number of pyridine rings is 1. The van der Waals surface area contributed by atoms with Crippen LogP contribution in [-0.4, -0.2) is 42.3 Å². The summed E-state index contributed by atoms with van der Waals surface area (Å²) in [5.74, 6) is 0.848. The van der Waals surface area contributed by atoms with Gasteiger partial charge in [-0.2, -0.15) is 0 Å². The summed E-state index contributed by atoms with van der Waals surface area (Å²) in [4.78, 5) is 8.88. The first kappa shape index (κ1) is 19.4. The molecule has 0 bridgehead atoms. The quantitative estimate of drug-likeness (QED) is 0.457. The van der Waals surface area contributed by atoms with E-state index in [1.54, 1.807) is 6.20 Å². The summed E-state index contributed by atoms with van der Waals surface area (Å²) in [6.07, 6.45) is 7.47. The molecule has 0 aliphatic rings. The molecule has 23 heavy (non-hydrogen) atoms. The van der Waals surface area contributed by atoms with E-state index in [0.717, 1.165) is 51.3 Å². The molecule has 0 amide bonds. The minimum Gasteiger partial charge on any atom is -0.396 e. The molecular formula is C18H32N4O. The maximum Gasteiger partial charge on any atom is 0.191 e. The Morgan fingerprint density at radius 2 is 2.04 bits per heavy atom. The van der Waals surface area contributed by atoms with Crippen molar-refractivity contribution < 1.29 is 5.11 Å². The van der Waals surface area contributed by atoms with E-state index in [-0.39, 0.29) is 12.0 Å². The molecule has 0 radical (unpaired) electrons. The first-order chi connectivity index (χ1) is 11.2. The van der Waals surface area contributed by atoms with Crippen molar-refractivity contribution in [3.8, 4) is 0 Å². The highest BCUT2D eigenvalue weighted by Crippen LogP contribution is 2.30. The van der Waals surface area contributed by atoms with Crippen molar-refractivity contribution in [1.29, 1.82) is 0 Å². The van der Waals surface area contributed by atoms with Crippen LogP contribution in [-0.2, 0) is 6.42 Å². The molecular weight excluding hydrogens is 288 g/mol. The minimum absolute atomic E-state index is 0.0977. The van der Waals surface area contributed by atoms with Gasteiger partial charge in [-0.05, 0) is 49.7 Å². The number of aliphatic hydroxyl groups excluding tert-OH is 1. The van der Waals surface area contributed by atoms with Gasteiger partial charge in [0.15, 0.2) is 5.96 Å². The van der Waals surface area contributed by atoms with E-state index in [9.17, 15) is 5.11 Å². The van der Waals surface area contributed by atoms with E-state index < -0.39 is 0 Å². The summed E-state index contributed by atoms with van der Waals surface area (Å²) >= 11 is 0. The predicted molar refractivity (Wildman–Crippen MR) is 96.6 cm³/mol. The van der Waals surface area contributed by atoms with Gasteiger partial charge in [0.25, 0.3) is 0 Å². The van der Waals surface area contributed by atoms with E-state index in [4.69, 9.17) is 4.99 Å². The molecule has 130 valence electrons. The normalized spacial score (nSPS) is 12.3. The second kappa shape index (κ2) is 11.0. The van der Waals surface area contributed by atoms with E-state index >= 15 is 0 Å².